The van der Waals surface area contributed by atoms with Gasteiger partial charge in [0.05, 0.1) is 31.4 Å². The maximum atomic E-state index is 11.7. The van der Waals surface area contributed by atoms with Gasteiger partial charge in [-0.3, -0.25) is 9.11 Å². The Kier molecular flexibility index (Phi) is 8.68. The zero-order chi connectivity index (χ0) is 29.6. The van der Waals surface area contributed by atoms with E-state index < -0.39 is 62.2 Å². The first kappa shape index (κ1) is 31.7. The van der Waals surface area contributed by atoms with Crippen molar-refractivity contribution < 1.29 is 66.7 Å². The van der Waals surface area contributed by atoms with Crippen LogP contribution < -0.4 is 10.5 Å². The maximum absolute atomic E-state index is 11.7. The molecule has 15 nitrogen and oxygen atoms in total. The number of aromatic hydroxyl groups is 3. The van der Waals surface area contributed by atoms with Gasteiger partial charge in [0.15, 0.2) is 0 Å². The zero-order valence-electron chi connectivity index (χ0n) is 20.0. The number of nitrogens with zero attached hydrogens (tertiary/aromatic N) is 2. The van der Waals surface area contributed by atoms with Crippen molar-refractivity contribution >= 4 is 63.8 Å². The Hall–Kier alpha value is -3.81. The van der Waals surface area contributed by atoms with Crippen LogP contribution in [0.15, 0.2) is 85.6 Å². The number of hydrogen-bond donors (Lipinski definition) is 7. The van der Waals surface area contributed by atoms with E-state index in [1.807, 2.05) is 0 Å². The third-order valence-electron chi connectivity index (χ3n) is 5.41. The summed E-state index contributed by atoms with van der Waals surface area (Å²) in [5, 5.41) is 46.6. The van der Waals surface area contributed by atoms with Gasteiger partial charge in [-0.2, -0.15) is 16.8 Å². The molecule has 0 unspecified atom stereocenters. The van der Waals surface area contributed by atoms with Crippen molar-refractivity contribution in [2.24, 2.45) is 15.4 Å². The second kappa shape index (κ2) is 11.2. The van der Waals surface area contributed by atoms with E-state index in [-0.39, 0.29) is 50.6 Å². The summed E-state index contributed by atoms with van der Waals surface area (Å²) in [6.45, 7) is 0. The van der Waals surface area contributed by atoms with Crippen molar-refractivity contribution in [1.29, 1.82) is 0 Å². The number of fused-ring (bicyclic) bond motifs is 1. The Labute approximate surface area is 243 Å². The number of hydrogen-bond acceptors (Lipinski definition) is 12. The number of rotatable bonds is 7. The first-order valence-corrected chi connectivity index (χ1v) is 15.0. The fraction of sp³-hybridized carbons (Fsp3) is 0. The summed E-state index contributed by atoms with van der Waals surface area (Å²) < 4.78 is 88.6. The van der Waals surface area contributed by atoms with Crippen LogP contribution in [0.2, 0.25) is 0 Å². The van der Waals surface area contributed by atoms with Crippen molar-refractivity contribution in [3.05, 3.63) is 60.7 Å². The van der Waals surface area contributed by atoms with Crippen LogP contribution in [0.25, 0.3) is 10.8 Å². The third-order valence-corrected chi connectivity index (χ3v) is 8.00. The predicted octanol–water partition coefficient (Wildman–Crippen LogP) is 3.25. The van der Waals surface area contributed by atoms with Gasteiger partial charge >= 0.3 is 0 Å². The zero-order valence-corrected chi connectivity index (χ0v) is 23.3. The molecule has 0 aliphatic rings. The quantitative estimate of drug-likeness (QED) is 0.0645. The van der Waals surface area contributed by atoms with Crippen LogP contribution >= 0.6 is 0 Å². The molecule has 0 aromatic heterocycles. The second-order valence-corrected chi connectivity index (χ2v) is 12.6. The number of sulfonamides is 1. The minimum Gasteiger partial charge on any atom is -0.507 e. The second-order valence-electron chi connectivity index (χ2n) is 8.15. The molecule has 0 heterocycles. The van der Waals surface area contributed by atoms with Gasteiger partial charge in [0, 0.05) is 23.1 Å². The van der Waals surface area contributed by atoms with Gasteiger partial charge in [0.1, 0.15) is 28.6 Å². The molecule has 0 aliphatic heterocycles. The molecule has 0 saturated carbocycles. The molecule has 4 rings (SSSR count). The summed E-state index contributed by atoms with van der Waals surface area (Å²) in [6.07, 6.45) is 0. The standard InChI is InChI=1S/C22H18N4O11S3.Cu/c23-38(30,31)12-2-5-19(28)17(8-12)25-26-22-15(24-16-9-13(39(32,33)34)3-6-18(16)27)4-1-11-7-14(40(35,36)37)10-20(29)21(11)22;/h1-10,24,27-29H,(H2,23,30,31)(H,32,33,34)(H,35,36,37);. The van der Waals surface area contributed by atoms with Crippen LogP contribution in [0, 0.1) is 0 Å². The van der Waals surface area contributed by atoms with Gasteiger partial charge in [0.25, 0.3) is 20.2 Å². The van der Waals surface area contributed by atoms with Crippen molar-refractivity contribution in [2.75, 3.05) is 5.32 Å². The fourth-order valence-corrected chi connectivity index (χ4v) is 5.11. The number of phenols is 3. The molecule has 0 amide bonds. The van der Waals surface area contributed by atoms with Crippen LogP contribution in [0.5, 0.6) is 17.2 Å². The molecule has 0 saturated heterocycles. The van der Waals surface area contributed by atoms with E-state index in [2.05, 4.69) is 15.5 Å². The SMILES string of the molecule is NS(=O)(=O)c1ccc(O)c(N=Nc2c(Nc3cc(S(=O)(=O)O)ccc3O)ccc3cc(S(=O)(=O)O)cc(O)c23)c1.[Cu]. The van der Waals surface area contributed by atoms with Crippen molar-refractivity contribution in [3.8, 4) is 17.2 Å². The predicted molar refractivity (Wildman–Crippen MR) is 140 cm³/mol. The summed E-state index contributed by atoms with van der Waals surface area (Å²) in [5.74, 6) is -1.69. The van der Waals surface area contributed by atoms with Crippen LogP contribution in [0.4, 0.5) is 22.7 Å². The fourth-order valence-electron chi connectivity index (χ4n) is 3.54. The molecule has 4 aromatic carbocycles. The Morgan fingerprint density at radius 1 is 0.634 bits per heavy atom. The first-order valence-electron chi connectivity index (χ1n) is 10.6. The van der Waals surface area contributed by atoms with Gasteiger partial charge < -0.3 is 20.6 Å². The maximum Gasteiger partial charge on any atom is 0.294 e. The van der Waals surface area contributed by atoms with Gasteiger partial charge in [-0.25, -0.2) is 13.6 Å². The molecule has 8 N–H and O–H groups in total. The third kappa shape index (κ3) is 6.92. The first-order chi connectivity index (χ1) is 18.4. The molecule has 19 heteroatoms. The minimum atomic E-state index is -4.74. The molecule has 0 fully saturated rings. The molecular formula is C22H18CuN4O11S3. The summed E-state index contributed by atoms with van der Waals surface area (Å²) in [4.78, 5) is -1.65. The molecule has 0 spiro atoms. The molecular weight excluding hydrogens is 656 g/mol. The average molecular weight is 674 g/mol. The van der Waals surface area contributed by atoms with Crippen molar-refractivity contribution in [1.82, 2.24) is 0 Å². The summed E-state index contributed by atoms with van der Waals surface area (Å²) in [6, 6.07) is 9.98. The van der Waals surface area contributed by atoms with E-state index in [1.165, 1.54) is 12.1 Å². The van der Waals surface area contributed by atoms with E-state index in [0.29, 0.717) is 0 Å². The topological polar surface area (TPSA) is 266 Å². The van der Waals surface area contributed by atoms with Crippen LogP contribution in [-0.2, 0) is 47.3 Å². The number of phenolic OH excluding ortho intramolecular Hbond substituents is 3. The normalized spacial score (nSPS) is 12.4. The molecule has 221 valence electrons. The number of azo groups is 1. The Balaban J connectivity index is 0.00000462. The van der Waals surface area contributed by atoms with Crippen molar-refractivity contribution in [2.45, 2.75) is 14.7 Å². The van der Waals surface area contributed by atoms with Gasteiger partial charge in [-0.15, -0.1) is 10.2 Å². The summed E-state index contributed by atoms with van der Waals surface area (Å²) >= 11 is 0. The number of benzene rings is 4. The number of primary sulfonamides is 1. The summed E-state index contributed by atoms with van der Waals surface area (Å²) in [5.41, 5.74) is -0.969. The largest absolute Gasteiger partial charge is 0.507 e. The van der Waals surface area contributed by atoms with E-state index in [9.17, 15) is 49.7 Å². The van der Waals surface area contributed by atoms with E-state index >= 15 is 0 Å². The van der Waals surface area contributed by atoms with E-state index in [4.69, 9.17) is 5.14 Å². The molecule has 0 atom stereocenters. The Morgan fingerprint density at radius 2 is 1.24 bits per heavy atom. The Morgan fingerprint density at radius 3 is 1.85 bits per heavy atom. The van der Waals surface area contributed by atoms with Crippen LogP contribution in [0.1, 0.15) is 0 Å². The van der Waals surface area contributed by atoms with Crippen LogP contribution in [-0.4, -0.2) is 49.7 Å². The molecule has 0 aliphatic carbocycles. The van der Waals surface area contributed by atoms with Gasteiger partial charge in [-0.05, 0) is 53.9 Å². The number of anilines is 2. The summed E-state index contributed by atoms with van der Waals surface area (Å²) in [7, 11) is -13.6. The number of nitrogens with one attached hydrogen (secondary N) is 1. The van der Waals surface area contributed by atoms with E-state index in [1.54, 1.807) is 0 Å². The molecule has 1 radical (unpaired) electrons. The van der Waals surface area contributed by atoms with Gasteiger partial charge in [0.2, 0.25) is 10.0 Å². The average Bonchev–Trinajstić information content (AvgIpc) is 2.83. The van der Waals surface area contributed by atoms with Crippen LogP contribution in [0.3, 0.4) is 0 Å². The smallest absolute Gasteiger partial charge is 0.294 e. The Bertz CT molecular complexity index is 2050. The molecule has 4 aromatic rings. The monoisotopic (exact) mass is 673 g/mol. The molecule has 0 bridgehead atoms. The molecule has 41 heavy (non-hydrogen) atoms. The minimum absolute atomic E-state index is 0. The van der Waals surface area contributed by atoms with Gasteiger partial charge in [-0.1, -0.05) is 6.07 Å². The van der Waals surface area contributed by atoms with E-state index in [0.717, 1.165) is 48.5 Å². The number of nitrogens with two attached hydrogens (primary N) is 1. The van der Waals surface area contributed by atoms with Crippen molar-refractivity contribution in [3.63, 3.8) is 0 Å².